The van der Waals surface area contributed by atoms with Crippen molar-refractivity contribution in [1.82, 2.24) is 14.9 Å². The second kappa shape index (κ2) is 8.50. The highest BCUT2D eigenvalue weighted by atomic mass is 35.5. The quantitative estimate of drug-likeness (QED) is 0.419. The number of nitrogens with one attached hydrogen (secondary N) is 1. The summed E-state index contributed by atoms with van der Waals surface area (Å²) >= 11 is 12.4. The first kappa shape index (κ1) is 20.5. The first-order chi connectivity index (χ1) is 14.4. The van der Waals surface area contributed by atoms with Gasteiger partial charge in [-0.3, -0.25) is 4.79 Å². The molecule has 0 aliphatic heterocycles. The zero-order valence-electron chi connectivity index (χ0n) is 16.7. The number of nitrogens with zero attached hydrogens (tertiary/aromatic N) is 2. The van der Waals surface area contributed by atoms with Crippen LogP contribution in [-0.2, 0) is 13.1 Å². The largest absolute Gasteiger partial charge is 0.345 e. The van der Waals surface area contributed by atoms with E-state index in [1.165, 1.54) is 0 Å². The molecule has 0 saturated heterocycles. The van der Waals surface area contributed by atoms with Crippen LogP contribution >= 0.6 is 23.2 Å². The Morgan fingerprint density at radius 2 is 1.83 bits per heavy atom. The fraction of sp³-hybridized carbons (Fsp3) is 0.167. The van der Waals surface area contributed by atoms with E-state index in [1.54, 1.807) is 6.07 Å². The smallest absolute Gasteiger partial charge is 0.251 e. The van der Waals surface area contributed by atoms with Crippen LogP contribution < -0.4 is 5.32 Å². The van der Waals surface area contributed by atoms with E-state index in [0.717, 1.165) is 33.5 Å². The average Bonchev–Trinajstić information content (AvgIpc) is 3.06. The molecule has 1 amide bonds. The lowest BCUT2D eigenvalue weighted by Gasteiger charge is -2.12. The van der Waals surface area contributed by atoms with E-state index in [4.69, 9.17) is 28.2 Å². The van der Waals surface area contributed by atoms with Gasteiger partial charge >= 0.3 is 0 Å². The maximum Gasteiger partial charge on any atom is 0.251 e. The SMILES string of the molecule is Cc1ccc(C(=O)NCc2nc3ccccc3n2Cc2ccc(Cl)cc2Cl)c(C)c1. The van der Waals surface area contributed by atoms with Gasteiger partial charge in [-0.05, 0) is 55.3 Å². The number of carbonyl (C=O) groups is 1. The molecule has 1 aromatic heterocycles. The topological polar surface area (TPSA) is 46.9 Å². The van der Waals surface area contributed by atoms with E-state index >= 15 is 0 Å². The third-order valence-corrected chi connectivity index (χ3v) is 5.70. The number of para-hydroxylation sites is 2. The van der Waals surface area contributed by atoms with E-state index in [9.17, 15) is 4.79 Å². The van der Waals surface area contributed by atoms with Crippen LogP contribution in [0, 0.1) is 13.8 Å². The molecule has 1 heterocycles. The van der Waals surface area contributed by atoms with Gasteiger partial charge in [0.25, 0.3) is 5.91 Å². The van der Waals surface area contributed by atoms with Gasteiger partial charge in [-0.25, -0.2) is 4.98 Å². The van der Waals surface area contributed by atoms with E-state index in [2.05, 4.69) is 9.88 Å². The van der Waals surface area contributed by atoms with Crippen molar-refractivity contribution in [1.29, 1.82) is 0 Å². The Kier molecular flexibility index (Phi) is 5.80. The van der Waals surface area contributed by atoms with Crippen molar-refractivity contribution in [2.45, 2.75) is 26.9 Å². The minimum absolute atomic E-state index is 0.115. The van der Waals surface area contributed by atoms with Crippen molar-refractivity contribution in [3.63, 3.8) is 0 Å². The van der Waals surface area contributed by atoms with E-state index in [1.807, 2.05) is 68.4 Å². The lowest BCUT2D eigenvalue weighted by atomic mass is 10.1. The van der Waals surface area contributed by atoms with Crippen LogP contribution in [0.15, 0.2) is 60.7 Å². The molecule has 0 aliphatic rings. The molecule has 1 N–H and O–H groups in total. The highest BCUT2D eigenvalue weighted by Gasteiger charge is 2.15. The summed E-state index contributed by atoms with van der Waals surface area (Å²) in [6.07, 6.45) is 0. The second-order valence-electron chi connectivity index (χ2n) is 7.34. The van der Waals surface area contributed by atoms with Crippen molar-refractivity contribution in [2.24, 2.45) is 0 Å². The molecule has 0 radical (unpaired) electrons. The summed E-state index contributed by atoms with van der Waals surface area (Å²) in [5, 5.41) is 4.21. The molecular weight excluding hydrogens is 417 g/mol. The third-order valence-electron chi connectivity index (χ3n) is 5.11. The summed E-state index contributed by atoms with van der Waals surface area (Å²) < 4.78 is 2.08. The predicted octanol–water partition coefficient (Wildman–Crippen LogP) is 5.94. The Bertz CT molecular complexity index is 1250. The van der Waals surface area contributed by atoms with Crippen LogP contribution in [0.2, 0.25) is 10.0 Å². The lowest BCUT2D eigenvalue weighted by molar-refractivity contribution is 0.0949. The van der Waals surface area contributed by atoms with Crippen LogP contribution in [0.4, 0.5) is 0 Å². The third kappa shape index (κ3) is 4.20. The molecule has 0 bridgehead atoms. The summed E-state index contributed by atoms with van der Waals surface area (Å²) in [5.41, 5.74) is 5.55. The number of rotatable bonds is 5. The number of aryl methyl sites for hydroxylation is 2. The zero-order valence-corrected chi connectivity index (χ0v) is 18.3. The number of halogens is 2. The highest BCUT2D eigenvalue weighted by molar-refractivity contribution is 6.35. The molecule has 0 fully saturated rings. The maximum absolute atomic E-state index is 12.7. The molecule has 0 atom stereocenters. The van der Waals surface area contributed by atoms with Crippen molar-refractivity contribution in [3.8, 4) is 0 Å². The fourth-order valence-electron chi connectivity index (χ4n) is 3.58. The number of hydrogen-bond acceptors (Lipinski definition) is 2. The number of imidazole rings is 1. The van der Waals surface area contributed by atoms with Crippen LogP contribution in [0.3, 0.4) is 0 Å². The molecule has 3 aromatic carbocycles. The van der Waals surface area contributed by atoms with Gasteiger partial charge in [0.1, 0.15) is 5.82 Å². The van der Waals surface area contributed by atoms with Crippen molar-refractivity contribution in [3.05, 3.63) is 98.8 Å². The molecule has 4 rings (SSSR count). The van der Waals surface area contributed by atoms with Gasteiger partial charge < -0.3 is 9.88 Å². The summed E-state index contributed by atoms with van der Waals surface area (Å²) in [6.45, 7) is 4.80. The van der Waals surface area contributed by atoms with Gasteiger partial charge in [0, 0.05) is 15.6 Å². The first-order valence-electron chi connectivity index (χ1n) is 9.66. The minimum Gasteiger partial charge on any atom is -0.345 e. The number of amides is 1. The lowest BCUT2D eigenvalue weighted by Crippen LogP contribution is -2.25. The Balaban J connectivity index is 1.63. The Morgan fingerprint density at radius 1 is 1.03 bits per heavy atom. The summed E-state index contributed by atoms with van der Waals surface area (Å²) in [4.78, 5) is 17.5. The van der Waals surface area contributed by atoms with E-state index in [0.29, 0.717) is 28.7 Å². The highest BCUT2D eigenvalue weighted by Crippen LogP contribution is 2.24. The maximum atomic E-state index is 12.7. The number of aromatic nitrogens is 2. The molecule has 0 saturated carbocycles. The molecule has 0 aliphatic carbocycles. The Hall–Kier alpha value is -2.82. The van der Waals surface area contributed by atoms with Gasteiger partial charge in [0.05, 0.1) is 24.1 Å². The number of carbonyl (C=O) groups excluding carboxylic acids is 1. The molecule has 4 nitrogen and oxygen atoms in total. The van der Waals surface area contributed by atoms with Crippen molar-refractivity contribution < 1.29 is 4.79 Å². The summed E-state index contributed by atoms with van der Waals surface area (Å²) in [7, 11) is 0. The van der Waals surface area contributed by atoms with Gasteiger partial charge in [-0.15, -0.1) is 0 Å². The van der Waals surface area contributed by atoms with Crippen LogP contribution in [-0.4, -0.2) is 15.5 Å². The second-order valence-corrected chi connectivity index (χ2v) is 8.18. The number of hydrogen-bond donors (Lipinski definition) is 1. The molecule has 30 heavy (non-hydrogen) atoms. The van der Waals surface area contributed by atoms with Crippen molar-refractivity contribution >= 4 is 40.1 Å². The molecule has 0 spiro atoms. The molecular formula is C24H21Cl2N3O. The fourth-order valence-corrected chi connectivity index (χ4v) is 4.05. The van der Waals surface area contributed by atoms with E-state index < -0.39 is 0 Å². The van der Waals surface area contributed by atoms with Crippen LogP contribution in [0.5, 0.6) is 0 Å². The number of fused-ring (bicyclic) bond motifs is 1. The first-order valence-corrected chi connectivity index (χ1v) is 10.4. The molecule has 4 aromatic rings. The Labute approximate surface area is 185 Å². The van der Waals surface area contributed by atoms with Gasteiger partial charge in [0.15, 0.2) is 0 Å². The van der Waals surface area contributed by atoms with Crippen LogP contribution in [0.25, 0.3) is 11.0 Å². The summed E-state index contributed by atoms with van der Waals surface area (Å²) in [5.74, 6) is 0.649. The normalized spacial score (nSPS) is 11.1. The zero-order chi connectivity index (χ0) is 21.3. The van der Waals surface area contributed by atoms with Gasteiger partial charge in [-0.1, -0.05) is 59.1 Å². The standard InChI is InChI=1S/C24H21Cl2N3O/c1-15-7-10-19(16(2)11-15)24(30)27-13-23-28-21-5-3-4-6-22(21)29(23)14-17-8-9-18(25)12-20(17)26/h3-12H,13-14H2,1-2H3,(H,27,30). The number of benzene rings is 3. The van der Waals surface area contributed by atoms with Crippen molar-refractivity contribution in [2.75, 3.05) is 0 Å². The molecule has 152 valence electrons. The summed E-state index contributed by atoms with van der Waals surface area (Å²) in [6, 6.07) is 19.2. The molecule has 0 unspecified atom stereocenters. The minimum atomic E-state index is -0.115. The van der Waals surface area contributed by atoms with Crippen LogP contribution in [0.1, 0.15) is 32.9 Å². The van der Waals surface area contributed by atoms with Gasteiger partial charge in [0.2, 0.25) is 0 Å². The predicted molar refractivity (Wildman–Crippen MR) is 122 cm³/mol. The van der Waals surface area contributed by atoms with Gasteiger partial charge in [-0.2, -0.15) is 0 Å². The van der Waals surface area contributed by atoms with E-state index in [-0.39, 0.29) is 5.91 Å². The Morgan fingerprint density at radius 3 is 2.60 bits per heavy atom. The molecule has 6 heteroatoms. The average molecular weight is 438 g/mol. The monoisotopic (exact) mass is 437 g/mol.